The molecule has 1 N–H and O–H groups in total. The Balaban J connectivity index is 2.22. The van der Waals surface area contributed by atoms with Crippen LogP contribution in [0.5, 0.6) is 0 Å². The second kappa shape index (κ2) is 6.41. The van der Waals surface area contributed by atoms with Crippen molar-refractivity contribution in [3.8, 4) is 0 Å². The van der Waals surface area contributed by atoms with E-state index < -0.39 is 6.10 Å². The second-order valence-corrected chi connectivity index (χ2v) is 5.80. The van der Waals surface area contributed by atoms with E-state index in [1.54, 1.807) is 19.1 Å². The maximum Gasteiger partial charge on any atom is 0.292 e. The molecule has 1 atom stereocenters. The molecular weight excluding hydrogens is 270 g/mol. The molecule has 0 unspecified atom stereocenters. The van der Waals surface area contributed by atoms with Gasteiger partial charge < -0.3 is 10.0 Å². The minimum absolute atomic E-state index is 0.0754. The molecule has 0 aromatic heterocycles. The Hall–Kier alpha value is -1.66. The van der Waals surface area contributed by atoms with Gasteiger partial charge in [0.05, 0.1) is 11.0 Å². The van der Waals surface area contributed by atoms with Gasteiger partial charge in [0.1, 0.15) is 5.69 Å². The van der Waals surface area contributed by atoms with Crippen molar-refractivity contribution in [2.75, 3.05) is 31.1 Å². The van der Waals surface area contributed by atoms with Gasteiger partial charge >= 0.3 is 0 Å². The number of nitro benzene ring substituents is 1. The number of piperazine rings is 1. The predicted molar refractivity (Wildman–Crippen MR) is 82.7 cm³/mol. The van der Waals surface area contributed by atoms with Gasteiger partial charge in [0.2, 0.25) is 0 Å². The number of aliphatic hydroxyl groups excluding tert-OH is 1. The molecule has 1 aliphatic rings. The molecule has 1 aromatic carbocycles. The van der Waals surface area contributed by atoms with Gasteiger partial charge in [0.15, 0.2) is 0 Å². The molecule has 1 fully saturated rings. The fourth-order valence-electron chi connectivity index (χ4n) is 2.69. The zero-order valence-corrected chi connectivity index (χ0v) is 12.8. The van der Waals surface area contributed by atoms with E-state index in [9.17, 15) is 15.2 Å². The van der Waals surface area contributed by atoms with Crippen LogP contribution in [0.25, 0.3) is 0 Å². The Bertz CT molecular complexity index is 509. The van der Waals surface area contributed by atoms with Crippen LogP contribution in [0.15, 0.2) is 18.2 Å². The molecule has 0 amide bonds. The average molecular weight is 293 g/mol. The van der Waals surface area contributed by atoms with E-state index in [2.05, 4.69) is 23.6 Å². The summed E-state index contributed by atoms with van der Waals surface area (Å²) in [5.74, 6) is 0. The Morgan fingerprint density at radius 1 is 1.19 bits per heavy atom. The molecule has 116 valence electrons. The fourth-order valence-corrected chi connectivity index (χ4v) is 2.69. The molecule has 0 radical (unpaired) electrons. The molecule has 0 bridgehead atoms. The van der Waals surface area contributed by atoms with Gasteiger partial charge in [0.25, 0.3) is 5.69 Å². The Kier molecular flexibility index (Phi) is 4.80. The van der Waals surface area contributed by atoms with Crippen molar-refractivity contribution in [1.29, 1.82) is 0 Å². The third-order valence-electron chi connectivity index (χ3n) is 4.06. The van der Waals surface area contributed by atoms with Gasteiger partial charge in [-0.25, -0.2) is 0 Å². The Morgan fingerprint density at radius 2 is 1.81 bits per heavy atom. The first kappa shape index (κ1) is 15.7. The van der Waals surface area contributed by atoms with E-state index in [0.717, 1.165) is 26.2 Å². The van der Waals surface area contributed by atoms with E-state index in [-0.39, 0.29) is 10.6 Å². The predicted octanol–water partition coefficient (Wildman–Crippen LogP) is 2.18. The number of aliphatic hydroxyl groups is 1. The van der Waals surface area contributed by atoms with Crippen molar-refractivity contribution in [2.24, 2.45) is 0 Å². The topological polar surface area (TPSA) is 69.8 Å². The van der Waals surface area contributed by atoms with Gasteiger partial charge in [-0.05, 0) is 32.4 Å². The monoisotopic (exact) mass is 293 g/mol. The molecule has 21 heavy (non-hydrogen) atoms. The van der Waals surface area contributed by atoms with Crippen LogP contribution < -0.4 is 4.90 Å². The van der Waals surface area contributed by atoms with E-state index in [0.29, 0.717) is 17.3 Å². The molecule has 0 spiro atoms. The summed E-state index contributed by atoms with van der Waals surface area (Å²) in [6.45, 7) is 9.32. The maximum atomic E-state index is 11.3. The Morgan fingerprint density at radius 3 is 2.29 bits per heavy atom. The highest BCUT2D eigenvalue weighted by Gasteiger charge is 2.25. The van der Waals surface area contributed by atoms with Crippen LogP contribution in [-0.4, -0.2) is 47.2 Å². The minimum atomic E-state index is -0.699. The van der Waals surface area contributed by atoms with Crippen molar-refractivity contribution in [3.63, 3.8) is 0 Å². The lowest BCUT2D eigenvalue weighted by molar-refractivity contribution is -0.384. The summed E-state index contributed by atoms with van der Waals surface area (Å²) in [5, 5.41) is 20.9. The number of hydrogen-bond acceptors (Lipinski definition) is 5. The molecule has 1 saturated heterocycles. The molecule has 1 aromatic rings. The van der Waals surface area contributed by atoms with Crippen LogP contribution in [0, 0.1) is 10.1 Å². The van der Waals surface area contributed by atoms with Crippen LogP contribution in [0.2, 0.25) is 0 Å². The second-order valence-electron chi connectivity index (χ2n) is 5.80. The lowest BCUT2D eigenvalue weighted by atomic mass is 10.1. The van der Waals surface area contributed by atoms with Crippen molar-refractivity contribution >= 4 is 11.4 Å². The van der Waals surface area contributed by atoms with Gasteiger partial charge in [-0.3, -0.25) is 15.0 Å². The number of nitrogens with zero attached hydrogens (tertiary/aromatic N) is 3. The average Bonchev–Trinajstić information content (AvgIpc) is 2.46. The number of nitro groups is 1. The van der Waals surface area contributed by atoms with Crippen LogP contribution in [0.4, 0.5) is 11.4 Å². The Labute approximate surface area is 125 Å². The first-order valence-electron chi connectivity index (χ1n) is 7.35. The van der Waals surface area contributed by atoms with Gasteiger partial charge in [0, 0.05) is 38.3 Å². The largest absolute Gasteiger partial charge is 0.389 e. The number of hydrogen-bond donors (Lipinski definition) is 1. The third-order valence-corrected chi connectivity index (χ3v) is 4.06. The van der Waals surface area contributed by atoms with Crippen LogP contribution in [0.3, 0.4) is 0 Å². The SMILES string of the molecule is CC(C)N1CCN(c2ccc([C@H](C)O)cc2[N+](=O)[O-])CC1. The standard InChI is InChI=1S/C15H23N3O3/c1-11(2)16-6-8-17(9-7-16)14-5-4-13(12(3)19)10-15(14)18(20)21/h4-5,10-12,19H,6-9H2,1-3H3/t12-/m0/s1. The van der Waals surface area contributed by atoms with Crippen molar-refractivity contribution in [1.82, 2.24) is 4.90 Å². The quantitative estimate of drug-likeness (QED) is 0.680. The van der Waals surface area contributed by atoms with E-state index in [1.165, 1.54) is 6.07 Å². The van der Waals surface area contributed by atoms with Crippen molar-refractivity contribution in [3.05, 3.63) is 33.9 Å². The normalized spacial score (nSPS) is 18.0. The highest BCUT2D eigenvalue weighted by atomic mass is 16.6. The fraction of sp³-hybridized carbons (Fsp3) is 0.600. The molecule has 1 heterocycles. The highest BCUT2D eigenvalue weighted by molar-refractivity contribution is 5.64. The zero-order chi connectivity index (χ0) is 15.6. The summed E-state index contributed by atoms with van der Waals surface area (Å²) in [5.41, 5.74) is 1.30. The van der Waals surface area contributed by atoms with Crippen LogP contribution >= 0.6 is 0 Å². The van der Waals surface area contributed by atoms with Crippen LogP contribution in [0.1, 0.15) is 32.4 Å². The van der Waals surface area contributed by atoms with Crippen molar-refractivity contribution in [2.45, 2.75) is 32.9 Å². The van der Waals surface area contributed by atoms with E-state index in [1.807, 2.05) is 0 Å². The van der Waals surface area contributed by atoms with E-state index in [4.69, 9.17) is 0 Å². The van der Waals surface area contributed by atoms with Gasteiger partial charge in [-0.2, -0.15) is 0 Å². The molecule has 0 aliphatic carbocycles. The summed E-state index contributed by atoms with van der Waals surface area (Å²) >= 11 is 0. The summed E-state index contributed by atoms with van der Waals surface area (Å²) < 4.78 is 0. The lowest BCUT2D eigenvalue weighted by Crippen LogP contribution is -2.49. The summed E-state index contributed by atoms with van der Waals surface area (Å²) in [6, 6.07) is 5.50. The zero-order valence-electron chi connectivity index (χ0n) is 12.8. The lowest BCUT2D eigenvalue weighted by Gasteiger charge is -2.37. The molecule has 1 aliphatic heterocycles. The molecule has 6 nitrogen and oxygen atoms in total. The third kappa shape index (κ3) is 3.51. The molecule has 0 saturated carbocycles. The highest BCUT2D eigenvalue weighted by Crippen LogP contribution is 2.31. The number of benzene rings is 1. The van der Waals surface area contributed by atoms with E-state index >= 15 is 0 Å². The first-order valence-corrected chi connectivity index (χ1v) is 7.35. The molecule has 2 rings (SSSR count). The number of rotatable bonds is 4. The molecule has 6 heteroatoms. The van der Waals surface area contributed by atoms with Crippen LogP contribution in [-0.2, 0) is 0 Å². The smallest absolute Gasteiger partial charge is 0.292 e. The first-order chi connectivity index (χ1) is 9.90. The summed E-state index contributed by atoms with van der Waals surface area (Å²) in [6.07, 6.45) is -0.699. The minimum Gasteiger partial charge on any atom is -0.389 e. The number of anilines is 1. The summed E-state index contributed by atoms with van der Waals surface area (Å²) in [7, 11) is 0. The van der Waals surface area contributed by atoms with Gasteiger partial charge in [-0.1, -0.05) is 6.07 Å². The summed E-state index contributed by atoms with van der Waals surface area (Å²) in [4.78, 5) is 15.4. The maximum absolute atomic E-state index is 11.3. The molecular formula is C15H23N3O3. The van der Waals surface area contributed by atoms with Gasteiger partial charge in [-0.15, -0.1) is 0 Å². The van der Waals surface area contributed by atoms with Crippen molar-refractivity contribution < 1.29 is 10.0 Å².